The van der Waals surface area contributed by atoms with Crippen molar-refractivity contribution in [3.63, 3.8) is 0 Å². The molecule has 0 N–H and O–H groups in total. The molecule has 0 spiro atoms. The van der Waals surface area contributed by atoms with Gasteiger partial charge in [0.25, 0.3) is 0 Å². The Morgan fingerprint density at radius 3 is 2.85 bits per heavy atom. The monoisotopic (exact) mass is 282 g/mol. The predicted octanol–water partition coefficient (Wildman–Crippen LogP) is 2.23. The second kappa shape index (κ2) is 6.31. The van der Waals surface area contributed by atoms with E-state index >= 15 is 0 Å². The van der Waals surface area contributed by atoms with Gasteiger partial charge in [-0.2, -0.15) is 0 Å². The molecule has 1 atom stereocenters. The average Bonchev–Trinajstić information content (AvgIpc) is 2.41. The van der Waals surface area contributed by atoms with Gasteiger partial charge in [0.2, 0.25) is 5.91 Å². The van der Waals surface area contributed by atoms with E-state index in [1.54, 1.807) is 4.90 Å². The van der Waals surface area contributed by atoms with Crippen LogP contribution in [0.1, 0.15) is 24.3 Å². The van der Waals surface area contributed by atoms with Crippen molar-refractivity contribution >= 4 is 5.91 Å². The maximum atomic E-state index is 13.8. The standard InChI is InChI=1S/C15H20F2N2O/c1-18(2)10-15(20)19-7-3-4-11(9-19)13-8-12(16)5-6-14(13)17/h5-6,8,11H,3-4,7,9-10H2,1-2H3/t11-/m0/s1. The van der Waals surface area contributed by atoms with E-state index in [4.69, 9.17) is 0 Å². The van der Waals surface area contributed by atoms with Crippen LogP contribution in [-0.2, 0) is 4.79 Å². The van der Waals surface area contributed by atoms with Crippen LogP contribution in [0.5, 0.6) is 0 Å². The minimum Gasteiger partial charge on any atom is -0.341 e. The number of likely N-dealkylation sites (N-methyl/N-ethyl adjacent to an activating group) is 1. The molecule has 1 aliphatic heterocycles. The summed E-state index contributed by atoms with van der Waals surface area (Å²) in [7, 11) is 3.68. The first-order chi connectivity index (χ1) is 9.47. The highest BCUT2D eigenvalue weighted by molar-refractivity contribution is 5.78. The van der Waals surface area contributed by atoms with Crippen molar-refractivity contribution < 1.29 is 13.6 Å². The SMILES string of the molecule is CN(C)CC(=O)N1CCC[C@H](c2cc(F)ccc2F)C1. The molecule has 1 fully saturated rings. The largest absolute Gasteiger partial charge is 0.341 e. The van der Waals surface area contributed by atoms with Crippen LogP contribution >= 0.6 is 0 Å². The molecule has 3 nitrogen and oxygen atoms in total. The fraction of sp³-hybridized carbons (Fsp3) is 0.533. The second-order valence-electron chi connectivity index (χ2n) is 5.58. The summed E-state index contributed by atoms with van der Waals surface area (Å²) in [4.78, 5) is 15.6. The Hall–Kier alpha value is -1.49. The van der Waals surface area contributed by atoms with Gasteiger partial charge in [0, 0.05) is 19.0 Å². The lowest BCUT2D eigenvalue weighted by atomic mass is 9.90. The molecule has 20 heavy (non-hydrogen) atoms. The molecule has 1 heterocycles. The molecule has 0 unspecified atom stereocenters. The van der Waals surface area contributed by atoms with Crippen LogP contribution in [0.15, 0.2) is 18.2 Å². The van der Waals surface area contributed by atoms with Gasteiger partial charge in [0.1, 0.15) is 11.6 Å². The Kier molecular flexibility index (Phi) is 4.70. The van der Waals surface area contributed by atoms with Gasteiger partial charge in [-0.15, -0.1) is 0 Å². The number of benzene rings is 1. The molecule has 0 aromatic heterocycles. The third-order valence-corrected chi connectivity index (χ3v) is 3.62. The molecule has 110 valence electrons. The first-order valence-electron chi connectivity index (χ1n) is 6.85. The summed E-state index contributed by atoms with van der Waals surface area (Å²) < 4.78 is 27.1. The van der Waals surface area contributed by atoms with E-state index in [0.717, 1.165) is 25.0 Å². The van der Waals surface area contributed by atoms with Crippen LogP contribution in [0.4, 0.5) is 8.78 Å². The molecule has 1 aliphatic rings. The first-order valence-corrected chi connectivity index (χ1v) is 6.85. The van der Waals surface area contributed by atoms with Gasteiger partial charge in [-0.05, 0) is 50.7 Å². The van der Waals surface area contributed by atoms with Gasteiger partial charge < -0.3 is 9.80 Å². The van der Waals surface area contributed by atoms with Gasteiger partial charge >= 0.3 is 0 Å². The Bertz CT molecular complexity index is 491. The Labute approximate surface area is 118 Å². The quantitative estimate of drug-likeness (QED) is 0.849. The molecule has 1 aromatic rings. The summed E-state index contributed by atoms with van der Waals surface area (Å²) in [6.45, 7) is 1.51. The molecule has 0 aliphatic carbocycles. The summed E-state index contributed by atoms with van der Waals surface area (Å²) in [5.74, 6) is -0.904. The molecule has 1 amide bonds. The minimum absolute atomic E-state index is 0.0384. The number of carbonyl (C=O) groups is 1. The van der Waals surface area contributed by atoms with E-state index in [2.05, 4.69) is 0 Å². The molecule has 1 aromatic carbocycles. The lowest BCUT2D eigenvalue weighted by Crippen LogP contribution is -2.43. The van der Waals surface area contributed by atoms with Crippen LogP contribution in [0, 0.1) is 11.6 Å². The fourth-order valence-corrected chi connectivity index (χ4v) is 2.66. The minimum atomic E-state index is -0.432. The average molecular weight is 282 g/mol. The van der Waals surface area contributed by atoms with E-state index in [9.17, 15) is 13.6 Å². The summed E-state index contributed by atoms with van der Waals surface area (Å²) in [6.07, 6.45) is 1.60. The molecule has 0 saturated carbocycles. The van der Waals surface area contributed by atoms with Crippen molar-refractivity contribution in [2.45, 2.75) is 18.8 Å². The number of hydrogen-bond acceptors (Lipinski definition) is 2. The molecule has 0 radical (unpaired) electrons. The third kappa shape index (κ3) is 3.54. The predicted molar refractivity (Wildman–Crippen MR) is 73.5 cm³/mol. The highest BCUT2D eigenvalue weighted by Crippen LogP contribution is 2.29. The zero-order valence-corrected chi connectivity index (χ0v) is 11.9. The van der Waals surface area contributed by atoms with Crippen LogP contribution in [0.2, 0.25) is 0 Å². The second-order valence-corrected chi connectivity index (χ2v) is 5.58. The van der Waals surface area contributed by atoms with Crippen molar-refractivity contribution in [2.75, 3.05) is 33.7 Å². The number of likely N-dealkylation sites (tertiary alicyclic amines) is 1. The van der Waals surface area contributed by atoms with Crippen molar-refractivity contribution in [2.24, 2.45) is 0 Å². The smallest absolute Gasteiger partial charge is 0.236 e. The number of halogens is 2. The van der Waals surface area contributed by atoms with Gasteiger partial charge in [0.05, 0.1) is 6.54 Å². The number of hydrogen-bond donors (Lipinski definition) is 0. The summed E-state index contributed by atoms with van der Waals surface area (Å²) in [5.41, 5.74) is 0.382. The molecule has 5 heteroatoms. The number of carbonyl (C=O) groups excluding carboxylic acids is 1. The van der Waals surface area contributed by atoms with E-state index in [1.807, 2.05) is 19.0 Å². The third-order valence-electron chi connectivity index (χ3n) is 3.62. The molecule has 2 rings (SSSR count). The van der Waals surface area contributed by atoms with E-state index in [0.29, 0.717) is 25.2 Å². The number of piperidine rings is 1. The summed E-state index contributed by atoms with van der Waals surface area (Å²) in [5, 5.41) is 0. The van der Waals surface area contributed by atoms with Gasteiger partial charge in [0.15, 0.2) is 0 Å². The van der Waals surface area contributed by atoms with E-state index < -0.39 is 11.6 Å². The summed E-state index contributed by atoms with van der Waals surface area (Å²) >= 11 is 0. The van der Waals surface area contributed by atoms with Gasteiger partial charge in [-0.1, -0.05) is 0 Å². The number of rotatable bonds is 3. The number of nitrogens with zero attached hydrogens (tertiary/aromatic N) is 2. The van der Waals surface area contributed by atoms with Crippen molar-refractivity contribution in [3.05, 3.63) is 35.4 Å². The zero-order chi connectivity index (χ0) is 14.7. The zero-order valence-electron chi connectivity index (χ0n) is 11.9. The molecular formula is C15H20F2N2O. The fourth-order valence-electron chi connectivity index (χ4n) is 2.66. The first kappa shape index (κ1) is 14.9. The molecule has 0 bridgehead atoms. The van der Waals surface area contributed by atoms with Crippen LogP contribution in [0.3, 0.4) is 0 Å². The Morgan fingerprint density at radius 1 is 1.40 bits per heavy atom. The lowest BCUT2D eigenvalue weighted by molar-refractivity contribution is -0.133. The number of amides is 1. The van der Waals surface area contributed by atoms with Crippen LogP contribution in [0.25, 0.3) is 0 Å². The molecule has 1 saturated heterocycles. The highest BCUT2D eigenvalue weighted by atomic mass is 19.1. The lowest BCUT2D eigenvalue weighted by Gasteiger charge is -2.33. The maximum Gasteiger partial charge on any atom is 0.236 e. The van der Waals surface area contributed by atoms with E-state index in [-0.39, 0.29) is 11.8 Å². The summed E-state index contributed by atoms with van der Waals surface area (Å²) in [6, 6.07) is 3.53. The normalized spacial score (nSPS) is 19.4. The Balaban J connectivity index is 2.10. The Morgan fingerprint density at radius 2 is 2.15 bits per heavy atom. The highest BCUT2D eigenvalue weighted by Gasteiger charge is 2.26. The van der Waals surface area contributed by atoms with Crippen molar-refractivity contribution in [1.82, 2.24) is 9.80 Å². The topological polar surface area (TPSA) is 23.6 Å². The van der Waals surface area contributed by atoms with Crippen LogP contribution < -0.4 is 0 Å². The van der Waals surface area contributed by atoms with E-state index in [1.165, 1.54) is 6.07 Å². The maximum absolute atomic E-state index is 13.8. The van der Waals surface area contributed by atoms with Gasteiger partial charge in [-0.3, -0.25) is 4.79 Å². The molecular weight excluding hydrogens is 262 g/mol. The van der Waals surface area contributed by atoms with Crippen LogP contribution in [-0.4, -0.2) is 49.4 Å². The van der Waals surface area contributed by atoms with Crippen molar-refractivity contribution in [3.8, 4) is 0 Å². The van der Waals surface area contributed by atoms with Crippen molar-refractivity contribution in [1.29, 1.82) is 0 Å². The van der Waals surface area contributed by atoms with Gasteiger partial charge in [-0.25, -0.2) is 8.78 Å².